The molecular weight excluding hydrogens is 1140 g/mol. The Bertz CT molecular complexity index is 3710. The fraction of sp³-hybridized carbons (Fsp3) is 0.403. The average molecular weight is 1210 g/mol. The summed E-state index contributed by atoms with van der Waals surface area (Å²) in [5.74, 6) is 1.36. The average Bonchev–Trinajstić information content (AvgIpc) is 1.67. The summed E-state index contributed by atoms with van der Waals surface area (Å²) in [6.07, 6.45) is 12.9. The lowest BCUT2D eigenvalue weighted by Crippen LogP contribution is -2.57. The van der Waals surface area contributed by atoms with Gasteiger partial charge >= 0.3 is 6.09 Å². The summed E-state index contributed by atoms with van der Waals surface area (Å²) in [7, 11) is 3.41. The Labute approximate surface area is 517 Å². The number of hydrogen-bond donors (Lipinski definition) is 2. The molecule has 11 rings (SSSR count). The fourth-order valence-corrected chi connectivity index (χ4v) is 11.9. The third-order valence-electron chi connectivity index (χ3n) is 16.3. The SMILES string of the molecule is C=CCOC(=O)N1c2cc(OCc3cccc(CC(=O)Nc4cn(C)c(C(C)=O)n4)c3)c(C)cc2C(=O)N2CCCC[C@H]2C1OC1CCCCO1.CC(=O)c1nc(NC(=O)Cc2cccc(COc3cc4c(cc3C)C(=O)N3CCCC[C@H]3C=N4)c2)cn1C. The van der Waals surface area contributed by atoms with E-state index >= 15 is 0 Å². The first-order valence-electron chi connectivity index (χ1n) is 30.3. The minimum atomic E-state index is -0.838. The molecule has 3 fully saturated rings. The number of carbonyl (C=O) groups excluding carboxylic acids is 7. The lowest BCUT2D eigenvalue weighted by Gasteiger charge is -2.42. The van der Waals surface area contributed by atoms with Gasteiger partial charge in [0.25, 0.3) is 11.8 Å². The molecule has 6 aromatic rings. The number of fused-ring (bicyclic) bond motifs is 4. The number of nitrogens with one attached hydrogen (secondary N) is 2. The molecule has 0 radical (unpaired) electrons. The number of aromatic nitrogens is 4. The molecule has 22 heteroatoms. The second-order valence-corrected chi connectivity index (χ2v) is 23.1. The van der Waals surface area contributed by atoms with Crippen molar-refractivity contribution in [3.63, 3.8) is 0 Å². The van der Waals surface area contributed by atoms with Crippen LogP contribution in [0.4, 0.5) is 27.8 Å². The van der Waals surface area contributed by atoms with Gasteiger partial charge in [-0.05, 0) is 117 Å². The molecule has 2 unspecified atom stereocenters. The molecule has 0 aliphatic carbocycles. The van der Waals surface area contributed by atoms with Crippen LogP contribution < -0.4 is 25.0 Å². The van der Waals surface area contributed by atoms with Crippen molar-refractivity contribution in [2.75, 3.05) is 41.8 Å². The third-order valence-corrected chi connectivity index (χ3v) is 16.3. The van der Waals surface area contributed by atoms with Crippen molar-refractivity contribution in [3.05, 3.63) is 154 Å². The van der Waals surface area contributed by atoms with Gasteiger partial charge in [0.15, 0.2) is 47.4 Å². The van der Waals surface area contributed by atoms with E-state index in [1.807, 2.05) is 90.5 Å². The van der Waals surface area contributed by atoms with Gasteiger partial charge in [-0.15, -0.1) is 0 Å². The molecule has 4 aromatic carbocycles. The number of ketones is 2. The van der Waals surface area contributed by atoms with Crippen LogP contribution >= 0.6 is 0 Å². The highest BCUT2D eigenvalue weighted by atomic mass is 16.7. The largest absolute Gasteiger partial charge is 0.489 e. The van der Waals surface area contributed by atoms with Crippen LogP contribution in [-0.2, 0) is 64.0 Å². The molecule has 7 heterocycles. The summed E-state index contributed by atoms with van der Waals surface area (Å²) in [5.41, 5.74) is 6.89. The number of piperidine rings is 2. The first-order chi connectivity index (χ1) is 42.9. The summed E-state index contributed by atoms with van der Waals surface area (Å²) in [4.78, 5) is 108. The minimum absolute atomic E-state index is 0.00939. The van der Waals surface area contributed by atoms with Crippen molar-refractivity contribution in [2.24, 2.45) is 19.1 Å². The molecule has 3 saturated heterocycles. The second-order valence-electron chi connectivity index (χ2n) is 23.1. The first kappa shape index (κ1) is 62.8. The van der Waals surface area contributed by atoms with Gasteiger partial charge in [0.05, 0.1) is 47.4 Å². The van der Waals surface area contributed by atoms with E-state index in [1.165, 1.54) is 24.8 Å². The zero-order valence-electron chi connectivity index (χ0n) is 51.3. The van der Waals surface area contributed by atoms with E-state index in [4.69, 9.17) is 23.7 Å². The number of ether oxygens (including phenoxy) is 5. The Balaban J connectivity index is 0.000000205. The Morgan fingerprint density at radius 3 is 1.80 bits per heavy atom. The van der Waals surface area contributed by atoms with E-state index in [0.29, 0.717) is 84.1 Å². The van der Waals surface area contributed by atoms with Crippen molar-refractivity contribution in [1.82, 2.24) is 28.9 Å². The predicted octanol–water partition coefficient (Wildman–Crippen LogP) is 10.1. The van der Waals surface area contributed by atoms with Crippen molar-refractivity contribution in [1.29, 1.82) is 0 Å². The van der Waals surface area contributed by atoms with Gasteiger partial charge in [0, 0.05) is 78.4 Å². The van der Waals surface area contributed by atoms with Crippen molar-refractivity contribution in [2.45, 2.75) is 136 Å². The van der Waals surface area contributed by atoms with Gasteiger partial charge in [-0.3, -0.25) is 33.8 Å². The van der Waals surface area contributed by atoms with Crippen molar-refractivity contribution in [3.8, 4) is 11.5 Å². The van der Waals surface area contributed by atoms with Crippen LogP contribution in [0.2, 0.25) is 0 Å². The fourth-order valence-electron chi connectivity index (χ4n) is 11.9. The zero-order chi connectivity index (χ0) is 62.9. The highest BCUT2D eigenvalue weighted by molar-refractivity contribution is 6.06. The van der Waals surface area contributed by atoms with E-state index in [2.05, 4.69) is 32.2 Å². The first-order valence-corrected chi connectivity index (χ1v) is 30.3. The maximum atomic E-state index is 14.2. The second kappa shape index (κ2) is 28.3. The van der Waals surface area contributed by atoms with Crippen LogP contribution in [0.1, 0.15) is 147 Å². The van der Waals surface area contributed by atoms with Gasteiger partial charge < -0.3 is 53.3 Å². The van der Waals surface area contributed by atoms with E-state index in [-0.39, 0.29) is 79.2 Å². The molecule has 0 spiro atoms. The van der Waals surface area contributed by atoms with Crippen LogP contribution in [-0.4, -0.2) is 127 Å². The summed E-state index contributed by atoms with van der Waals surface area (Å²) < 4.78 is 33.8. The number of carbonyl (C=O) groups is 7. The van der Waals surface area contributed by atoms with Crippen LogP contribution in [0.3, 0.4) is 0 Å². The van der Waals surface area contributed by atoms with E-state index in [9.17, 15) is 33.6 Å². The number of Topliss-reactive ketones (excluding diaryl/α,β-unsaturated/α-hetero) is 2. The molecule has 0 saturated carbocycles. The van der Waals surface area contributed by atoms with E-state index in [1.54, 1.807) is 47.8 Å². The van der Waals surface area contributed by atoms with Crippen LogP contribution in [0.15, 0.2) is 103 Å². The molecule has 2 aromatic heterocycles. The number of aliphatic imine (C=N–C) groups is 1. The zero-order valence-corrected chi connectivity index (χ0v) is 51.3. The normalized spacial score (nSPS) is 18.6. The quantitative estimate of drug-likeness (QED) is 0.0601. The number of nitrogens with zero attached hydrogens (tertiary/aromatic N) is 8. The topological polar surface area (TPSA) is 247 Å². The maximum Gasteiger partial charge on any atom is 0.416 e. The van der Waals surface area contributed by atoms with Gasteiger partial charge in [-0.2, -0.15) is 0 Å². The number of amides is 5. The van der Waals surface area contributed by atoms with Gasteiger partial charge in [0.1, 0.15) is 31.3 Å². The minimum Gasteiger partial charge on any atom is -0.489 e. The molecule has 5 amide bonds. The molecule has 22 nitrogen and oxygen atoms in total. The number of hydrogen-bond acceptors (Lipinski definition) is 15. The molecular formula is C67H76N10O12. The highest BCUT2D eigenvalue weighted by Gasteiger charge is 2.47. The Morgan fingerprint density at radius 1 is 0.674 bits per heavy atom. The van der Waals surface area contributed by atoms with Crippen LogP contribution in [0.25, 0.3) is 0 Å². The Morgan fingerprint density at radius 2 is 1.22 bits per heavy atom. The van der Waals surface area contributed by atoms with Crippen LogP contribution in [0, 0.1) is 13.8 Å². The Kier molecular flexibility index (Phi) is 19.9. The Hall–Kier alpha value is -9.28. The lowest BCUT2D eigenvalue weighted by molar-refractivity contribution is -0.198. The molecule has 4 atom stereocenters. The van der Waals surface area contributed by atoms with Crippen molar-refractivity contribution < 1.29 is 57.2 Å². The summed E-state index contributed by atoms with van der Waals surface area (Å²) >= 11 is 0. The van der Waals surface area contributed by atoms with Crippen LogP contribution in [0.5, 0.6) is 11.5 Å². The standard InChI is InChI=1S/C38H45N5O8.C29H31N5O4/c1-5-16-49-38(47)43-30-21-31(50-23-27-12-10-11-26(19-27)20-33(45)39-32-22-41(4)35(40-32)25(3)44)24(2)18-28(30)36(46)42-15-8-6-13-29(42)37(43)51-34-14-7-9-17-48-34;1-18-11-23-24(30-15-22-9-4-5-10-34(22)29(23)37)14-25(18)38-17-21-8-6-7-20(12-21)13-27(36)31-26-16-33(3)28(32-26)19(2)35/h5,10-12,18-19,21-22,29,34,37H,1,6-9,13-17,20,23H2,2-4H3,(H,39,45);6-8,11-12,14-16,22H,4-5,9-10,13,17H2,1-3H3,(H,31,36)/t29-,34?,37?;22-/m00/s1. The summed E-state index contributed by atoms with van der Waals surface area (Å²) in [6.45, 7) is 12.7. The predicted molar refractivity (Wildman–Crippen MR) is 333 cm³/mol. The molecule has 0 bridgehead atoms. The summed E-state index contributed by atoms with van der Waals surface area (Å²) in [5, 5.41) is 5.50. The number of aryl methyl sites for hydroxylation is 4. The molecule has 5 aliphatic rings. The molecule has 89 heavy (non-hydrogen) atoms. The molecule has 466 valence electrons. The van der Waals surface area contributed by atoms with E-state index in [0.717, 1.165) is 84.9 Å². The van der Waals surface area contributed by atoms with Gasteiger partial charge in [0.2, 0.25) is 11.8 Å². The smallest absolute Gasteiger partial charge is 0.416 e. The number of imidazole rings is 2. The van der Waals surface area contributed by atoms with Crippen molar-refractivity contribution >= 4 is 70.5 Å². The third kappa shape index (κ3) is 15.0. The highest BCUT2D eigenvalue weighted by Crippen LogP contribution is 2.41. The maximum absolute atomic E-state index is 14.2. The van der Waals surface area contributed by atoms with E-state index < -0.39 is 18.6 Å². The molecule has 2 N–H and O–H groups in total. The van der Waals surface area contributed by atoms with Gasteiger partial charge in [-0.1, -0.05) is 61.2 Å². The number of rotatable bonds is 18. The van der Waals surface area contributed by atoms with Gasteiger partial charge in [-0.25, -0.2) is 19.7 Å². The molecule has 5 aliphatic heterocycles. The number of anilines is 3. The monoisotopic (exact) mass is 1210 g/mol. The summed E-state index contributed by atoms with van der Waals surface area (Å²) in [6, 6.07) is 22.0. The number of benzene rings is 4. The lowest BCUT2D eigenvalue weighted by atomic mass is 10.00.